The van der Waals surface area contributed by atoms with E-state index in [1.165, 1.54) is 12.1 Å². The molecule has 0 saturated carbocycles. The van der Waals surface area contributed by atoms with Gasteiger partial charge in [-0.25, -0.2) is 13.9 Å². The lowest BCUT2D eigenvalue weighted by atomic mass is 10.1. The van der Waals surface area contributed by atoms with Gasteiger partial charge in [0.2, 0.25) is 0 Å². The number of benzene rings is 2. The van der Waals surface area contributed by atoms with Crippen molar-refractivity contribution in [2.24, 2.45) is 0 Å². The van der Waals surface area contributed by atoms with Crippen molar-refractivity contribution in [1.29, 1.82) is 0 Å². The molecule has 3 heterocycles. The molecule has 9 nitrogen and oxygen atoms in total. The molecule has 1 aliphatic heterocycles. The third kappa shape index (κ3) is 4.46. The highest BCUT2D eigenvalue weighted by atomic mass is 19.1. The molecule has 0 bridgehead atoms. The minimum atomic E-state index is -0.555. The summed E-state index contributed by atoms with van der Waals surface area (Å²) in [6.07, 6.45) is 1.66. The average Bonchev–Trinajstić information content (AvgIpc) is 3.36. The van der Waals surface area contributed by atoms with Crippen LogP contribution in [0.5, 0.6) is 11.5 Å². The van der Waals surface area contributed by atoms with E-state index in [1.54, 1.807) is 59.0 Å². The highest BCUT2D eigenvalue weighted by Crippen LogP contribution is 2.32. The molecule has 190 valence electrons. The number of piperazine rings is 1. The van der Waals surface area contributed by atoms with E-state index < -0.39 is 5.82 Å². The summed E-state index contributed by atoms with van der Waals surface area (Å²) in [6, 6.07) is 14.6. The molecule has 2 aromatic heterocycles. The van der Waals surface area contributed by atoms with E-state index in [0.717, 1.165) is 11.3 Å². The molecule has 2 amide bonds. The van der Waals surface area contributed by atoms with Crippen LogP contribution in [0.1, 0.15) is 27.8 Å². The average molecular weight is 504 g/mol. The Hall–Kier alpha value is -4.47. The molecule has 0 unspecified atom stereocenters. The monoisotopic (exact) mass is 503 g/mol. The van der Waals surface area contributed by atoms with Gasteiger partial charge in [0.15, 0.2) is 22.8 Å². The Balaban J connectivity index is 1.37. The first-order valence-corrected chi connectivity index (χ1v) is 11.8. The second-order valence-corrected chi connectivity index (χ2v) is 8.78. The molecule has 5 rings (SSSR count). The molecule has 0 aliphatic carbocycles. The minimum Gasteiger partial charge on any atom is -0.493 e. The summed E-state index contributed by atoms with van der Waals surface area (Å²) in [4.78, 5) is 33.9. The molecule has 0 radical (unpaired) electrons. The van der Waals surface area contributed by atoms with Crippen LogP contribution in [0.2, 0.25) is 0 Å². The summed E-state index contributed by atoms with van der Waals surface area (Å²) in [6.45, 7) is 2.76. The molecule has 0 spiro atoms. The van der Waals surface area contributed by atoms with Crippen LogP contribution >= 0.6 is 0 Å². The molecule has 0 N–H and O–H groups in total. The van der Waals surface area contributed by atoms with Crippen LogP contribution in [0.25, 0.3) is 16.9 Å². The lowest BCUT2D eigenvalue weighted by molar-refractivity contribution is 0.0408. The van der Waals surface area contributed by atoms with Gasteiger partial charge in [0.05, 0.1) is 25.5 Å². The number of nitrogens with zero attached hydrogens (tertiary/aromatic N) is 5. The molecule has 1 aliphatic rings. The first-order valence-electron chi connectivity index (χ1n) is 11.8. The Labute approximate surface area is 213 Å². The second-order valence-electron chi connectivity index (χ2n) is 8.78. The fourth-order valence-corrected chi connectivity index (χ4v) is 4.61. The lowest BCUT2D eigenvalue weighted by Crippen LogP contribution is -2.55. The molecular weight excluding hydrogens is 477 g/mol. The van der Waals surface area contributed by atoms with Crippen molar-refractivity contribution in [3.05, 3.63) is 77.9 Å². The normalized spacial score (nSPS) is 15.6. The third-order valence-corrected chi connectivity index (χ3v) is 6.54. The summed E-state index contributed by atoms with van der Waals surface area (Å²) >= 11 is 0. The molecule has 4 aromatic rings. The first kappa shape index (κ1) is 24.2. The number of carbonyl (C=O) groups is 2. The van der Waals surface area contributed by atoms with Gasteiger partial charge in [0, 0.05) is 43.5 Å². The Morgan fingerprint density at radius 2 is 1.76 bits per heavy atom. The van der Waals surface area contributed by atoms with Crippen molar-refractivity contribution in [2.45, 2.75) is 13.0 Å². The molecule has 10 heteroatoms. The topological polar surface area (TPSA) is 89.3 Å². The van der Waals surface area contributed by atoms with Crippen LogP contribution in [0.3, 0.4) is 0 Å². The van der Waals surface area contributed by atoms with Gasteiger partial charge >= 0.3 is 0 Å². The number of hydrogen-bond acceptors (Lipinski definition) is 6. The Kier molecular flexibility index (Phi) is 6.47. The van der Waals surface area contributed by atoms with E-state index in [1.807, 2.05) is 25.1 Å². The molecule has 1 fully saturated rings. The van der Waals surface area contributed by atoms with Gasteiger partial charge in [-0.2, -0.15) is 5.10 Å². The van der Waals surface area contributed by atoms with Gasteiger partial charge in [-0.15, -0.1) is 0 Å². The van der Waals surface area contributed by atoms with Crippen LogP contribution in [0.15, 0.2) is 60.8 Å². The number of methoxy groups -OCH3 is 2. The number of halogens is 1. The number of rotatable bonds is 5. The van der Waals surface area contributed by atoms with Crippen molar-refractivity contribution in [2.75, 3.05) is 33.9 Å². The number of aromatic nitrogens is 3. The number of hydrogen-bond donors (Lipinski definition) is 0. The molecule has 1 atom stereocenters. The molecule has 1 saturated heterocycles. The maximum Gasteiger partial charge on any atom is 0.274 e. The highest BCUT2D eigenvalue weighted by molar-refractivity contribution is 5.96. The van der Waals surface area contributed by atoms with Crippen LogP contribution < -0.4 is 9.47 Å². The summed E-state index contributed by atoms with van der Waals surface area (Å²) in [7, 11) is 3.14. The van der Waals surface area contributed by atoms with Crippen molar-refractivity contribution in [3.8, 4) is 22.8 Å². The third-order valence-electron chi connectivity index (χ3n) is 6.54. The Morgan fingerprint density at radius 3 is 2.49 bits per heavy atom. The largest absolute Gasteiger partial charge is 0.493 e. The predicted octanol–water partition coefficient (Wildman–Crippen LogP) is 3.54. The maximum atomic E-state index is 14.1. The van der Waals surface area contributed by atoms with E-state index in [4.69, 9.17) is 9.47 Å². The number of fused-ring (bicyclic) bond motifs is 1. The lowest BCUT2D eigenvalue weighted by Gasteiger charge is -2.39. The fourth-order valence-electron chi connectivity index (χ4n) is 4.61. The van der Waals surface area contributed by atoms with Crippen molar-refractivity contribution in [1.82, 2.24) is 24.4 Å². The summed E-state index contributed by atoms with van der Waals surface area (Å²) in [5.41, 5.74) is 2.36. The predicted molar refractivity (Wildman–Crippen MR) is 134 cm³/mol. The van der Waals surface area contributed by atoms with Gasteiger partial charge in [0.1, 0.15) is 5.82 Å². The van der Waals surface area contributed by atoms with E-state index in [9.17, 15) is 14.0 Å². The Morgan fingerprint density at radius 1 is 0.973 bits per heavy atom. The quantitative estimate of drug-likeness (QED) is 0.414. The van der Waals surface area contributed by atoms with E-state index in [-0.39, 0.29) is 29.1 Å². The van der Waals surface area contributed by atoms with Crippen LogP contribution in [-0.4, -0.2) is 76.1 Å². The van der Waals surface area contributed by atoms with Gasteiger partial charge in [-0.3, -0.25) is 9.59 Å². The summed E-state index contributed by atoms with van der Waals surface area (Å²) < 4.78 is 26.5. The van der Waals surface area contributed by atoms with E-state index in [0.29, 0.717) is 36.8 Å². The molecule has 2 aromatic carbocycles. The SMILES string of the molecule is COc1ccc(-c2ccnc3cc(C(=O)N4CCN(C(=O)c5ccccc5F)[C@@H](C)C4)nn23)cc1OC. The zero-order valence-corrected chi connectivity index (χ0v) is 20.7. The minimum absolute atomic E-state index is 0.0308. The van der Waals surface area contributed by atoms with E-state index in [2.05, 4.69) is 10.1 Å². The van der Waals surface area contributed by atoms with Gasteiger partial charge in [-0.05, 0) is 43.3 Å². The van der Waals surface area contributed by atoms with Gasteiger partial charge < -0.3 is 19.3 Å². The van der Waals surface area contributed by atoms with Crippen LogP contribution in [0, 0.1) is 5.82 Å². The smallest absolute Gasteiger partial charge is 0.274 e. The van der Waals surface area contributed by atoms with E-state index >= 15 is 0 Å². The fraction of sp³-hybridized carbons (Fsp3) is 0.259. The summed E-state index contributed by atoms with van der Waals surface area (Å²) in [5.74, 6) is -0.0108. The number of ether oxygens (including phenoxy) is 2. The molecule has 37 heavy (non-hydrogen) atoms. The first-order chi connectivity index (χ1) is 17.9. The van der Waals surface area contributed by atoms with Gasteiger partial charge in [-0.1, -0.05) is 12.1 Å². The van der Waals surface area contributed by atoms with Crippen molar-refractivity contribution in [3.63, 3.8) is 0 Å². The molecular formula is C27H26FN5O4. The van der Waals surface area contributed by atoms with Crippen LogP contribution in [-0.2, 0) is 0 Å². The van der Waals surface area contributed by atoms with Gasteiger partial charge in [0.25, 0.3) is 11.8 Å². The zero-order chi connectivity index (χ0) is 26.1. The standard InChI is InChI=1S/C27H26FN5O4/c1-17-16-31(12-13-32(17)26(34)19-6-4-5-7-20(19)28)27(35)21-15-25-29-11-10-22(33(25)30-21)18-8-9-23(36-2)24(14-18)37-3/h4-11,14-15,17H,12-13,16H2,1-3H3/t17-/m0/s1. The number of carbonyl (C=O) groups excluding carboxylic acids is 2. The maximum absolute atomic E-state index is 14.1. The Bertz CT molecular complexity index is 1490. The number of amides is 2. The van der Waals surface area contributed by atoms with Crippen molar-refractivity contribution < 1.29 is 23.5 Å². The zero-order valence-electron chi connectivity index (χ0n) is 20.7. The van der Waals surface area contributed by atoms with Crippen molar-refractivity contribution >= 4 is 17.5 Å². The summed E-state index contributed by atoms with van der Waals surface area (Å²) in [5, 5.41) is 4.56. The van der Waals surface area contributed by atoms with Crippen LogP contribution in [0.4, 0.5) is 4.39 Å². The second kappa shape index (κ2) is 9.88. The highest BCUT2D eigenvalue weighted by Gasteiger charge is 2.32.